The first-order chi connectivity index (χ1) is 10.3. The van der Waals surface area contributed by atoms with Crippen molar-refractivity contribution in [1.29, 1.82) is 0 Å². The van der Waals surface area contributed by atoms with Crippen molar-refractivity contribution in [2.45, 2.75) is 51.7 Å². The lowest BCUT2D eigenvalue weighted by Crippen LogP contribution is -2.37. The summed E-state index contributed by atoms with van der Waals surface area (Å²) in [4.78, 5) is 8.54. The largest absolute Gasteiger partial charge is 0.389 e. The molecule has 0 amide bonds. The molecule has 8 heteroatoms. The third-order valence-electron chi connectivity index (χ3n) is 2.97. The molecule has 0 aliphatic carbocycles. The Labute approximate surface area is 133 Å². The molecule has 22 heavy (non-hydrogen) atoms. The van der Waals surface area contributed by atoms with Crippen LogP contribution >= 0.6 is 11.3 Å². The number of thiazole rings is 1. The van der Waals surface area contributed by atoms with E-state index in [-0.39, 0.29) is 6.42 Å². The number of alkyl halides is 3. The van der Waals surface area contributed by atoms with E-state index < -0.39 is 12.6 Å². The monoisotopic (exact) mass is 336 g/mol. The third kappa shape index (κ3) is 7.63. The van der Waals surface area contributed by atoms with Crippen LogP contribution in [0.2, 0.25) is 0 Å². The average molecular weight is 336 g/mol. The van der Waals surface area contributed by atoms with Crippen molar-refractivity contribution in [3.63, 3.8) is 0 Å². The van der Waals surface area contributed by atoms with Gasteiger partial charge in [-0.05, 0) is 18.8 Å². The second-order valence-electron chi connectivity index (χ2n) is 5.25. The van der Waals surface area contributed by atoms with E-state index in [4.69, 9.17) is 0 Å². The maximum absolute atomic E-state index is 12.0. The fourth-order valence-corrected chi connectivity index (χ4v) is 2.60. The number of nitrogens with zero attached hydrogens (tertiary/aromatic N) is 2. The molecule has 0 aliphatic rings. The van der Waals surface area contributed by atoms with Crippen molar-refractivity contribution in [2.75, 3.05) is 13.6 Å². The molecule has 0 aliphatic heterocycles. The average Bonchev–Trinajstić information content (AvgIpc) is 2.89. The molecule has 0 radical (unpaired) electrons. The van der Waals surface area contributed by atoms with E-state index in [0.29, 0.717) is 31.4 Å². The smallest absolute Gasteiger partial charge is 0.356 e. The fraction of sp³-hybridized carbons (Fsp3) is 0.714. The fourth-order valence-electron chi connectivity index (χ4n) is 1.71. The van der Waals surface area contributed by atoms with Crippen molar-refractivity contribution in [3.05, 3.63) is 16.1 Å². The molecule has 0 aromatic carbocycles. The molecule has 0 fully saturated rings. The Balaban J connectivity index is 2.25. The Kier molecular flexibility index (Phi) is 7.64. The molecule has 0 spiro atoms. The highest BCUT2D eigenvalue weighted by Gasteiger charge is 2.25. The second kappa shape index (κ2) is 8.97. The number of unbranched alkanes of at least 4 members (excludes halogenated alkanes) is 1. The number of rotatable bonds is 7. The van der Waals surface area contributed by atoms with E-state index in [1.807, 2.05) is 5.38 Å². The molecule has 1 aromatic heterocycles. The van der Waals surface area contributed by atoms with E-state index in [9.17, 15) is 13.2 Å². The van der Waals surface area contributed by atoms with Crippen LogP contribution in [0.5, 0.6) is 0 Å². The summed E-state index contributed by atoms with van der Waals surface area (Å²) < 4.78 is 36.0. The summed E-state index contributed by atoms with van der Waals surface area (Å²) in [6.45, 7) is 5.20. The van der Waals surface area contributed by atoms with Crippen LogP contribution in [0.15, 0.2) is 10.4 Å². The SMILES string of the molecule is CN=C(NCCCCC(F)(F)F)NCc1nc(C(C)C)cs1. The molecule has 1 rings (SSSR count). The summed E-state index contributed by atoms with van der Waals surface area (Å²) in [6.07, 6.45) is -4.23. The van der Waals surface area contributed by atoms with Gasteiger partial charge in [-0.3, -0.25) is 4.99 Å². The Bertz CT molecular complexity index is 469. The Hall–Kier alpha value is -1.31. The second-order valence-corrected chi connectivity index (χ2v) is 6.19. The quantitative estimate of drug-likeness (QED) is 0.454. The van der Waals surface area contributed by atoms with Crippen LogP contribution in [0.1, 0.15) is 49.7 Å². The summed E-state index contributed by atoms with van der Waals surface area (Å²) in [7, 11) is 1.63. The molecular weight excluding hydrogens is 313 g/mol. The van der Waals surface area contributed by atoms with Gasteiger partial charge in [0.15, 0.2) is 5.96 Å². The first kappa shape index (κ1) is 18.7. The number of hydrogen-bond donors (Lipinski definition) is 2. The van der Waals surface area contributed by atoms with Crippen molar-refractivity contribution in [3.8, 4) is 0 Å². The Morgan fingerprint density at radius 2 is 2.05 bits per heavy atom. The van der Waals surface area contributed by atoms with Crippen LogP contribution in [0, 0.1) is 0 Å². The van der Waals surface area contributed by atoms with Gasteiger partial charge in [-0.15, -0.1) is 11.3 Å². The van der Waals surface area contributed by atoms with Gasteiger partial charge < -0.3 is 10.6 Å². The van der Waals surface area contributed by atoms with E-state index in [0.717, 1.165) is 10.7 Å². The molecule has 126 valence electrons. The Morgan fingerprint density at radius 1 is 1.32 bits per heavy atom. The highest BCUT2D eigenvalue weighted by molar-refractivity contribution is 7.09. The minimum absolute atomic E-state index is 0.123. The molecule has 2 N–H and O–H groups in total. The van der Waals surface area contributed by atoms with Gasteiger partial charge in [-0.1, -0.05) is 13.8 Å². The minimum atomic E-state index is -4.07. The van der Waals surface area contributed by atoms with Crippen LogP contribution in [-0.2, 0) is 6.54 Å². The number of guanidine groups is 1. The summed E-state index contributed by atoms with van der Waals surface area (Å²) >= 11 is 1.58. The van der Waals surface area contributed by atoms with Crippen LogP contribution in [-0.4, -0.2) is 30.7 Å². The lowest BCUT2D eigenvalue weighted by Gasteiger charge is -2.11. The number of hydrogen-bond acceptors (Lipinski definition) is 3. The van der Waals surface area contributed by atoms with Gasteiger partial charge in [0.1, 0.15) is 5.01 Å². The standard InChI is InChI=1S/C14H23F3N4S/c1-10(2)11-9-22-12(21-11)8-20-13(18-3)19-7-5-4-6-14(15,16)17/h9-10H,4-8H2,1-3H3,(H2,18,19,20). The molecule has 1 aromatic rings. The normalized spacial score (nSPS) is 12.8. The highest BCUT2D eigenvalue weighted by atomic mass is 32.1. The van der Waals surface area contributed by atoms with Crippen LogP contribution in [0.25, 0.3) is 0 Å². The molecule has 0 unspecified atom stereocenters. The predicted octanol–water partition coefficient (Wildman–Crippen LogP) is 3.66. The maximum atomic E-state index is 12.0. The third-order valence-corrected chi connectivity index (χ3v) is 3.84. The number of halogens is 3. The molecule has 4 nitrogen and oxygen atoms in total. The summed E-state index contributed by atoms with van der Waals surface area (Å²) in [5.74, 6) is 0.976. The summed E-state index contributed by atoms with van der Waals surface area (Å²) in [5.41, 5.74) is 1.07. The number of aromatic nitrogens is 1. The zero-order valence-electron chi connectivity index (χ0n) is 13.1. The molecule has 0 atom stereocenters. The van der Waals surface area contributed by atoms with E-state index >= 15 is 0 Å². The van der Waals surface area contributed by atoms with Crippen molar-refractivity contribution >= 4 is 17.3 Å². The van der Waals surface area contributed by atoms with Gasteiger partial charge in [0, 0.05) is 25.4 Å². The van der Waals surface area contributed by atoms with Crippen LogP contribution < -0.4 is 10.6 Å². The topological polar surface area (TPSA) is 49.3 Å². The first-order valence-electron chi connectivity index (χ1n) is 7.27. The van der Waals surface area contributed by atoms with Gasteiger partial charge in [-0.25, -0.2) is 4.98 Å². The zero-order chi connectivity index (χ0) is 16.6. The molecule has 0 bridgehead atoms. The van der Waals surface area contributed by atoms with Crippen LogP contribution in [0.4, 0.5) is 13.2 Å². The maximum Gasteiger partial charge on any atom is 0.389 e. The first-order valence-corrected chi connectivity index (χ1v) is 8.15. The van der Waals surface area contributed by atoms with Crippen LogP contribution in [0.3, 0.4) is 0 Å². The summed E-state index contributed by atoms with van der Waals surface area (Å²) in [5, 5.41) is 9.11. The van der Waals surface area contributed by atoms with Crippen molar-refractivity contribution in [2.24, 2.45) is 4.99 Å². The lowest BCUT2D eigenvalue weighted by atomic mass is 10.2. The lowest BCUT2D eigenvalue weighted by molar-refractivity contribution is -0.135. The molecule has 0 saturated heterocycles. The van der Waals surface area contributed by atoms with Crippen molar-refractivity contribution in [1.82, 2.24) is 15.6 Å². The molecule has 1 heterocycles. The van der Waals surface area contributed by atoms with Gasteiger partial charge in [-0.2, -0.15) is 13.2 Å². The highest BCUT2D eigenvalue weighted by Crippen LogP contribution is 2.21. The molecule has 0 saturated carbocycles. The van der Waals surface area contributed by atoms with Gasteiger partial charge in [0.25, 0.3) is 0 Å². The molecular formula is C14H23F3N4S. The Morgan fingerprint density at radius 3 is 2.59 bits per heavy atom. The van der Waals surface area contributed by atoms with E-state index in [1.165, 1.54) is 0 Å². The predicted molar refractivity (Wildman–Crippen MR) is 84.3 cm³/mol. The van der Waals surface area contributed by atoms with E-state index in [1.54, 1.807) is 18.4 Å². The van der Waals surface area contributed by atoms with Gasteiger partial charge >= 0.3 is 6.18 Å². The number of nitrogens with one attached hydrogen (secondary N) is 2. The van der Waals surface area contributed by atoms with Gasteiger partial charge in [0.2, 0.25) is 0 Å². The minimum Gasteiger partial charge on any atom is -0.356 e. The van der Waals surface area contributed by atoms with Crippen molar-refractivity contribution < 1.29 is 13.2 Å². The zero-order valence-corrected chi connectivity index (χ0v) is 13.9. The van der Waals surface area contributed by atoms with E-state index in [2.05, 4.69) is 34.5 Å². The summed E-state index contributed by atoms with van der Waals surface area (Å²) in [6, 6.07) is 0. The number of aliphatic imine (C=N–C) groups is 1. The van der Waals surface area contributed by atoms with Gasteiger partial charge in [0.05, 0.1) is 12.2 Å².